The van der Waals surface area contributed by atoms with Crippen LogP contribution in [0.5, 0.6) is 5.75 Å². The van der Waals surface area contributed by atoms with E-state index in [4.69, 9.17) is 4.74 Å². The summed E-state index contributed by atoms with van der Waals surface area (Å²) in [7, 11) is 3.27. The van der Waals surface area contributed by atoms with Crippen molar-refractivity contribution in [2.24, 2.45) is 5.41 Å². The molecule has 0 aliphatic carbocycles. The number of hydrogen-bond acceptors (Lipinski definition) is 6. The number of carbonyl (C=O) groups excluding carboxylic acids is 4. The fourth-order valence-corrected chi connectivity index (χ4v) is 5.66. The van der Waals surface area contributed by atoms with Gasteiger partial charge in [-0.25, -0.2) is 0 Å². The molecule has 4 rings (SSSR count). The molecule has 0 aromatic heterocycles. The number of methoxy groups -OCH3 is 1. The zero-order valence-corrected chi connectivity index (χ0v) is 28.3. The molecule has 10 nitrogen and oxygen atoms in total. The molecule has 1 saturated heterocycles. The van der Waals surface area contributed by atoms with E-state index in [1.54, 1.807) is 33.2 Å². The summed E-state index contributed by atoms with van der Waals surface area (Å²) in [6.07, 6.45) is 0.205. The van der Waals surface area contributed by atoms with Gasteiger partial charge < -0.3 is 30.9 Å². The number of likely N-dealkylation sites (tertiary alicyclic amines) is 1. The van der Waals surface area contributed by atoms with Crippen LogP contribution in [-0.4, -0.2) is 73.4 Å². The van der Waals surface area contributed by atoms with E-state index >= 15 is 0 Å². The first-order chi connectivity index (χ1) is 22.3. The minimum atomic E-state index is -0.917. The molecule has 0 bridgehead atoms. The SMILES string of the molecule is CN[C@@H](C)C(=O)N[C@H](C(=O)N1C[C@@H](NC(=O)c2ccc(C)cc2)C[C@H]1C(=O)N[C@H](c1ccccc1)c1ccc(OC)cc1)C(C)(C)C. The van der Waals surface area contributed by atoms with Crippen molar-refractivity contribution in [1.29, 1.82) is 0 Å². The number of amides is 4. The van der Waals surface area contributed by atoms with Gasteiger partial charge in [0.2, 0.25) is 17.7 Å². The van der Waals surface area contributed by atoms with Crippen LogP contribution in [0.2, 0.25) is 0 Å². The minimum Gasteiger partial charge on any atom is -0.497 e. The molecule has 10 heteroatoms. The second-order valence-corrected chi connectivity index (χ2v) is 13.2. The molecular formula is C37H47N5O5. The quantitative estimate of drug-likeness (QED) is 0.253. The predicted molar refractivity (Wildman–Crippen MR) is 182 cm³/mol. The van der Waals surface area contributed by atoms with Crippen LogP contribution in [-0.2, 0) is 14.4 Å². The normalized spacial score (nSPS) is 18.1. The largest absolute Gasteiger partial charge is 0.497 e. The third-order valence-corrected chi connectivity index (χ3v) is 8.63. The Morgan fingerprint density at radius 1 is 0.872 bits per heavy atom. The molecule has 250 valence electrons. The number of nitrogens with one attached hydrogen (secondary N) is 4. The molecule has 3 aromatic carbocycles. The van der Waals surface area contributed by atoms with Crippen LogP contribution in [0.1, 0.15) is 67.2 Å². The number of hydrogen-bond donors (Lipinski definition) is 4. The number of likely N-dealkylation sites (N-methyl/N-ethyl adjacent to an activating group) is 1. The third kappa shape index (κ3) is 8.77. The Morgan fingerprint density at radius 2 is 1.49 bits per heavy atom. The van der Waals surface area contributed by atoms with E-state index in [0.29, 0.717) is 11.3 Å². The molecule has 4 N–H and O–H groups in total. The smallest absolute Gasteiger partial charge is 0.251 e. The van der Waals surface area contributed by atoms with Crippen LogP contribution >= 0.6 is 0 Å². The van der Waals surface area contributed by atoms with Gasteiger partial charge in [-0.1, -0.05) is 80.9 Å². The Balaban J connectivity index is 1.66. The first kappa shape index (κ1) is 35.2. The molecule has 0 radical (unpaired) electrons. The number of carbonyl (C=O) groups is 4. The second kappa shape index (κ2) is 15.3. The van der Waals surface area contributed by atoms with Crippen molar-refractivity contribution < 1.29 is 23.9 Å². The summed E-state index contributed by atoms with van der Waals surface area (Å²) in [6, 6.07) is 20.9. The maximum absolute atomic E-state index is 14.4. The summed E-state index contributed by atoms with van der Waals surface area (Å²) in [5, 5.41) is 12.0. The fraction of sp³-hybridized carbons (Fsp3) is 0.405. The Kier molecular flexibility index (Phi) is 11.4. The Hall–Kier alpha value is -4.70. The van der Waals surface area contributed by atoms with Crippen molar-refractivity contribution in [2.45, 2.75) is 71.2 Å². The summed E-state index contributed by atoms with van der Waals surface area (Å²) in [4.78, 5) is 56.4. The predicted octanol–water partition coefficient (Wildman–Crippen LogP) is 3.75. The molecule has 0 unspecified atom stereocenters. The van der Waals surface area contributed by atoms with Gasteiger partial charge in [0.25, 0.3) is 5.91 Å². The zero-order valence-electron chi connectivity index (χ0n) is 28.3. The number of benzene rings is 3. The average Bonchev–Trinajstić information content (AvgIpc) is 3.49. The van der Waals surface area contributed by atoms with E-state index in [1.807, 2.05) is 94.4 Å². The van der Waals surface area contributed by atoms with Gasteiger partial charge in [0.1, 0.15) is 17.8 Å². The van der Waals surface area contributed by atoms with E-state index in [-0.39, 0.29) is 36.6 Å². The maximum Gasteiger partial charge on any atom is 0.251 e. The first-order valence-corrected chi connectivity index (χ1v) is 16.0. The van der Waals surface area contributed by atoms with Gasteiger partial charge in [-0.15, -0.1) is 0 Å². The highest BCUT2D eigenvalue weighted by atomic mass is 16.5. The number of nitrogens with zero attached hydrogens (tertiary/aromatic N) is 1. The zero-order chi connectivity index (χ0) is 34.3. The molecule has 3 aromatic rings. The second-order valence-electron chi connectivity index (χ2n) is 13.2. The van der Waals surface area contributed by atoms with Crippen molar-refractivity contribution in [3.63, 3.8) is 0 Å². The molecule has 1 aliphatic rings. The number of aryl methyl sites for hydroxylation is 1. The minimum absolute atomic E-state index is 0.108. The van der Waals surface area contributed by atoms with Gasteiger partial charge in [0.05, 0.1) is 19.2 Å². The first-order valence-electron chi connectivity index (χ1n) is 16.0. The van der Waals surface area contributed by atoms with Crippen LogP contribution in [0.15, 0.2) is 78.9 Å². The highest BCUT2D eigenvalue weighted by Gasteiger charge is 2.46. The summed E-state index contributed by atoms with van der Waals surface area (Å²) >= 11 is 0. The summed E-state index contributed by atoms with van der Waals surface area (Å²) in [5.41, 5.74) is 2.56. The van der Waals surface area contributed by atoms with Crippen LogP contribution in [0, 0.1) is 12.3 Å². The van der Waals surface area contributed by atoms with E-state index in [9.17, 15) is 19.2 Å². The van der Waals surface area contributed by atoms with Gasteiger partial charge >= 0.3 is 0 Å². The van der Waals surface area contributed by atoms with Gasteiger partial charge in [0.15, 0.2) is 0 Å². The van der Waals surface area contributed by atoms with E-state index in [0.717, 1.165) is 16.7 Å². The summed E-state index contributed by atoms with van der Waals surface area (Å²) < 4.78 is 5.34. The fourth-order valence-electron chi connectivity index (χ4n) is 5.66. The average molecular weight is 642 g/mol. The van der Waals surface area contributed by atoms with Crippen molar-refractivity contribution in [3.8, 4) is 5.75 Å². The van der Waals surface area contributed by atoms with E-state index in [2.05, 4.69) is 21.3 Å². The van der Waals surface area contributed by atoms with E-state index in [1.165, 1.54) is 4.90 Å². The van der Waals surface area contributed by atoms with Crippen molar-refractivity contribution in [1.82, 2.24) is 26.2 Å². The molecule has 1 fully saturated rings. The van der Waals surface area contributed by atoms with Crippen LogP contribution < -0.4 is 26.0 Å². The lowest BCUT2D eigenvalue weighted by Gasteiger charge is -2.36. The molecule has 5 atom stereocenters. The summed E-state index contributed by atoms with van der Waals surface area (Å²) in [5.74, 6) is -0.671. The van der Waals surface area contributed by atoms with E-state index < -0.39 is 35.6 Å². The van der Waals surface area contributed by atoms with Crippen LogP contribution in [0.25, 0.3) is 0 Å². The Labute approximate surface area is 277 Å². The van der Waals surface area contributed by atoms with Crippen LogP contribution in [0.4, 0.5) is 0 Å². The van der Waals surface area contributed by atoms with Crippen molar-refractivity contribution in [3.05, 3.63) is 101 Å². The van der Waals surface area contributed by atoms with Crippen LogP contribution in [0.3, 0.4) is 0 Å². The van der Waals surface area contributed by atoms with Gasteiger partial charge in [-0.2, -0.15) is 0 Å². The molecule has 0 saturated carbocycles. The van der Waals surface area contributed by atoms with Gasteiger partial charge in [-0.05, 0) is 68.1 Å². The monoisotopic (exact) mass is 641 g/mol. The lowest BCUT2D eigenvalue weighted by molar-refractivity contribution is -0.144. The topological polar surface area (TPSA) is 129 Å². The third-order valence-electron chi connectivity index (χ3n) is 8.63. The van der Waals surface area contributed by atoms with Gasteiger partial charge in [-0.3, -0.25) is 19.2 Å². The highest BCUT2D eigenvalue weighted by Crippen LogP contribution is 2.29. The molecule has 1 heterocycles. The molecule has 0 spiro atoms. The lowest BCUT2D eigenvalue weighted by Crippen LogP contribution is -2.59. The Morgan fingerprint density at radius 3 is 2.06 bits per heavy atom. The van der Waals surface area contributed by atoms with Gasteiger partial charge in [0, 0.05) is 18.2 Å². The highest BCUT2D eigenvalue weighted by molar-refractivity contribution is 5.96. The number of ether oxygens (including phenoxy) is 1. The van der Waals surface area contributed by atoms with Crippen molar-refractivity contribution in [2.75, 3.05) is 20.7 Å². The summed E-state index contributed by atoms with van der Waals surface area (Å²) in [6.45, 7) is 9.38. The molecule has 4 amide bonds. The standard InChI is InChI=1S/C37H47N5O5/c1-23-13-15-27(16-14-23)34(44)39-28-21-30(42(22-28)36(46)32(37(3,4)5)41-33(43)24(2)38-6)35(45)40-31(25-11-9-8-10-12-25)26-17-19-29(47-7)20-18-26/h8-20,24,28,30-32,38H,21-22H2,1-7H3,(H,39,44)(H,40,45)(H,41,43)/t24-,28-,30-,31+,32+/m0/s1. The lowest BCUT2D eigenvalue weighted by atomic mass is 9.85. The molecule has 47 heavy (non-hydrogen) atoms. The van der Waals surface area contributed by atoms with Crippen molar-refractivity contribution >= 4 is 23.6 Å². The maximum atomic E-state index is 14.4. The molecule has 1 aliphatic heterocycles. The number of rotatable bonds is 11. The molecular weight excluding hydrogens is 594 g/mol. The Bertz CT molecular complexity index is 1540.